The summed E-state index contributed by atoms with van der Waals surface area (Å²) in [5.41, 5.74) is 0.904. The van der Waals surface area contributed by atoms with Crippen molar-refractivity contribution in [3.63, 3.8) is 0 Å². The van der Waals surface area contributed by atoms with Crippen LogP contribution in [0.25, 0.3) is 0 Å². The molecule has 2 heterocycles. The monoisotopic (exact) mass is 320 g/mol. The highest BCUT2D eigenvalue weighted by atomic mass is 16.6. The fraction of sp³-hybridized carbons (Fsp3) is 0.643. The molecule has 2 aromatic heterocycles. The number of ether oxygens (including phenoxy) is 1. The van der Waals surface area contributed by atoms with Gasteiger partial charge in [0.2, 0.25) is 0 Å². The topological polar surface area (TPSA) is 108 Å². The Balaban J connectivity index is 1.45. The number of rotatable bonds is 6. The van der Waals surface area contributed by atoms with Crippen molar-refractivity contribution in [3.05, 3.63) is 17.6 Å². The van der Waals surface area contributed by atoms with Gasteiger partial charge in [-0.2, -0.15) is 0 Å². The summed E-state index contributed by atoms with van der Waals surface area (Å²) in [5, 5.41) is 18.0. The number of hydrogen-bond donors (Lipinski definition) is 1. The van der Waals surface area contributed by atoms with Gasteiger partial charge in [0.15, 0.2) is 5.69 Å². The van der Waals surface area contributed by atoms with Gasteiger partial charge in [-0.05, 0) is 24.9 Å². The first kappa shape index (κ1) is 15.4. The molecule has 0 radical (unpaired) electrons. The molecule has 1 N–H and O–H groups in total. The summed E-state index contributed by atoms with van der Waals surface area (Å²) in [5.74, 6) is 0.0770. The maximum atomic E-state index is 12.0. The molecule has 0 aliphatic heterocycles. The number of carbonyl (C=O) groups is 1. The summed E-state index contributed by atoms with van der Waals surface area (Å²) < 4.78 is 11.7. The smallest absolute Gasteiger partial charge is 0.278 e. The van der Waals surface area contributed by atoms with E-state index < -0.39 is 0 Å². The van der Waals surface area contributed by atoms with E-state index in [-0.39, 0.29) is 12.5 Å². The van der Waals surface area contributed by atoms with Crippen molar-refractivity contribution in [2.75, 3.05) is 13.2 Å². The van der Waals surface area contributed by atoms with Crippen molar-refractivity contribution in [1.29, 1.82) is 0 Å². The van der Waals surface area contributed by atoms with Crippen LogP contribution in [0.15, 0.2) is 10.8 Å². The first-order valence-corrected chi connectivity index (χ1v) is 7.86. The second-order valence-corrected chi connectivity index (χ2v) is 5.63. The largest absolute Gasteiger partial charge is 0.472 e. The van der Waals surface area contributed by atoms with Crippen molar-refractivity contribution >= 4 is 5.91 Å². The highest BCUT2D eigenvalue weighted by Gasteiger charge is 2.18. The second kappa shape index (κ2) is 7.21. The molecule has 1 aliphatic rings. The van der Waals surface area contributed by atoms with Crippen molar-refractivity contribution in [2.45, 2.75) is 45.1 Å². The Labute approximate surface area is 133 Å². The van der Waals surface area contributed by atoms with Gasteiger partial charge in [-0.1, -0.05) is 29.6 Å². The van der Waals surface area contributed by atoms with Gasteiger partial charge >= 0.3 is 0 Å². The van der Waals surface area contributed by atoms with Crippen LogP contribution in [0.3, 0.4) is 0 Å². The Morgan fingerprint density at radius 3 is 2.96 bits per heavy atom. The number of aromatic nitrogens is 5. The van der Waals surface area contributed by atoms with Crippen LogP contribution >= 0.6 is 0 Å². The van der Waals surface area contributed by atoms with Crippen LogP contribution in [0.2, 0.25) is 0 Å². The maximum Gasteiger partial charge on any atom is 0.278 e. The molecular weight excluding hydrogens is 300 g/mol. The molecule has 9 nitrogen and oxygen atoms in total. The van der Waals surface area contributed by atoms with Crippen LogP contribution in [0, 0.1) is 6.92 Å². The molecule has 124 valence electrons. The summed E-state index contributed by atoms with van der Waals surface area (Å²) in [7, 11) is 0. The Morgan fingerprint density at radius 1 is 1.39 bits per heavy atom. The number of nitrogens with one attached hydrogen (secondary N) is 1. The molecule has 1 fully saturated rings. The standard InChI is InChI=1S/C14H20N6O3/c1-10-14(18-23-17-10)22-8-7-15-13(21)12-9-20(19-16-12)11-5-3-2-4-6-11/h9,11H,2-8H2,1H3,(H,15,21). The molecule has 1 aliphatic carbocycles. The van der Waals surface area contributed by atoms with Crippen molar-refractivity contribution in [3.8, 4) is 5.88 Å². The van der Waals surface area contributed by atoms with Crippen LogP contribution in [0.5, 0.6) is 5.88 Å². The normalized spacial score (nSPS) is 15.5. The molecular formula is C14H20N6O3. The quantitative estimate of drug-likeness (QED) is 0.799. The van der Waals surface area contributed by atoms with Gasteiger partial charge in [-0.15, -0.1) is 5.10 Å². The molecule has 9 heteroatoms. The Kier molecular flexibility index (Phi) is 4.84. The molecule has 2 aromatic rings. The van der Waals surface area contributed by atoms with Crippen LogP contribution in [-0.4, -0.2) is 44.4 Å². The molecule has 0 unspecified atom stereocenters. The maximum absolute atomic E-state index is 12.0. The minimum Gasteiger partial charge on any atom is -0.472 e. The van der Waals surface area contributed by atoms with Crippen LogP contribution in [0.1, 0.15) is 54.3 Å². The summed E-state index contributed by atoms with van der Waals surface area (Å²) >= 11 is 0. The zero-order valence-electron chi connectivity index (χ0n) is 13.1. The molecule has 0 saturated heterocycles. The fourth-order valence-corrected chi connectivity index (χ4v) is 2.66. The third-order valence-electron chi connectivity index (χ3n) is 3.93. The van der Waals surface area contributed by atoms with E-state index in [9.17, 15) is 4.79 Å². The molecule has 23 heavy (non-hydrogen) atoms. The van der Waals surface area contributed by atoms with Gasteiger partial charge in [0.05, 0.1) is 18.8 Å². The first-order valence-electron chi connectivity index (χ1n) is 7.86. The van der Waals surface area contributed by atoms with Crippen molar-refractivity contribution in [2.24, 2.45) is 0 Å². The van der Waals surface area contributed by atoms with E-state index in [0.717, 1.165) is 12.8 Å². The van der Waals surface area contributed by atoms with Crippen LogP contribution < -0.4 is 10.1 Å². The predicted octanol–water partition coefficient (Wildman–Crippen LogP) is 1.28. The van der Waals surface area contributed by atoms with E-state index in [1.807, 2.05) is 4.68 Å². The Morgan fingerprint density at radius 2 is 2.22 bits per heavy atom. The zero-order chi connectivity index (χ0) is 16.1. The molecule has 3 rings (SSSR count). The summed E-state index contributed by atoms with van der Waals surface area (Å²) in [6, 6.07) is 0.365. The van der Waals surface area contributed by atoms with Gasteiger partial charge in [0.25, 0.3) is 11.8 Å². The zero-order valence-corrected chi connectivity index (χ0v) is 13.1. The molecule has 0 atom stereocenters. The highest BCUT2D eigenvalue weighted by Crippen LogP contribution is 2.27. The van der Waals surface area contributed by atoms with Gasteiger partial charge in [-0.3, -0.25) is 4.79 Å². The van der Waals surface area contributed by atoms with Crippen molar-refractivity contribution in [1.82, 2.24) is 30.6 Å². The number of carbonyl (C=O) groups excluding carboxylic acids is 1. The van der Waals surface area contributed by atoms with E-state index in [4.69, 9.17) is 4.74 Å². The van der Waals surface area contributed by atoms with E-state index in [2.05, 4.69) is 30.6 Å². The van der Waals surface area contributed by atoms with E-state index in [0.29, 0.717) is 29.9 Å². The predicted molar refractivity (Wildman–Crippen MR) is 79.0 cm³/mol. The van der Waals surface area contributed by atoms with Gasteiger partial charge in [0.1, 0.15) is 12.3 Å². The first-order chi connectivity index (χ1) is 11.2. The number of aryl methyl sites for hydroxylation is 1. The molecule has 1 saturated carbocycles. The fourth-order valence-electron chi connectivity index (χ4n) is 2.66. The van der Waals surface area contributed by atoms with E-state index in [1.165, 1.54) is 19.3 Å². The average molecular weight is 320 g/mol. The highest BCUT2D eigenvalue weighted by molar-refractivity contribution is 5.91. The molecule has 0 aromatic carbocycles. The minimum absolute atomic E-state index is 0.259. The summed E-state index contributed by atoms with van der Waals surface area (Å²) in [6.07, 6.45) is 7.61. The van der Waals surface area contributed by atoms with E-state index in [1.54, 1.807) is 13.1 Å². The lowest BCUT2D eigenvalue weighted by Crippen LogP contribution is -2.28. The minimum atomic E-state index is -0.259. The number of hydrogen-bond acceptors (Lipinski definition) is 7. The van der Waals surface area contributed by atoms with Gasteiger partial charge in [-0.25, -0.2) is 9.31 Å². The van der Waals surface area contributed by atoms with Gasteiger partial charge in [0, 0.05) is 0 Å². The van der Waals surface area contributed by atoms with Crippen LogP contribution in [-0.2, 0) is 0 Å². The number of amides is 1. The SMILES string of the molecule is Cc1nonc1OCCNC(=O)c1cn(C2CCCCC2)nn1. The molecule has 1 amide bonds. The van der Waals surface area contributed by atoms with Crippen molar-refractivity contribution < 1.29 is 14.2 Å². The molecule has 0 spiro atoms. The van der Waals surface area contributed by atoms with Gasteiger partial charge < -0.3 is 10.1 Å². The molecule has 0 bridgehead atoms. The Bertz CT molecular complexity index is 646. The lowest BCUT2D eigenvalue weighted by atomic mass is 9.96. The summed E-state index contributed by atoms with van der Waals surface area (Å²) in [4.78, 5) is 12.0. The second-order valence-electron chi connectivity index (χ2n) is 5.63. The average Bonchev–Trinajstić information content (AvgIpc) is 3.22. The summed E-state index contributed by atoms with van der Waals surface area (Å²) in [6.45, 7) is 2.34. The third kappa shape index (κ3) is 3.85. The van der Waals surface area contributed by atoms with E-state index >= 15 is 0 Å². The Hall–Kier alpha value is -2.45. The van der Waals surface area contributed by atoms with Crippen LogP contribution in [0.4, 0.5) is 0 Å². The third-order valence-corrected chi connectivity index (χ3v) is 3.93. The number of nitrogens with zero attached hydrogens (tertiary/aromatic N) is 5. The lowest BCUT2D eigenvalue weighted by molar-refractivity contribution is 0.0941. The lowest BCUT2D eigenvalue weighted by Gasteiger charge is -2.20.